The zero-order valence-electron chi connectivity index (χ0n) is 19.1. The summed E-state index contributed by atoms with van der Waals surface area (Å²) in [5, 5.41) is 30.1. The summed E-state index contributed by atoms with van der Waals surface area (Å²) in [6.07, 6.45) is 0. The molecule has 33 heavy (non-hydrogen) atoms. The van der Waals surface area contributed by atoms with Gasteiger partial charge in [-0.1, -0.05) is 0 Å². The van der Waals surface area contributed by atoms with Crippen LogP contribution in [0.5, 0.6) is 28.7 Å². The van der Waals surface area contributed by atoms with Crippen molar-refractivity contribution < 1.29 is 20.1 Å². The van der Waals surface area contributed by atoms with E-state index >= 15 is 0 Å². The summed E-state index contributed by atoms with van der Waals surface area (Å²) in [5.41, 5.74) is 5.78. The van der Waals surface area contributed by atoms with Crippen LogP contribution in [0, 0.1) is 27.7 Å². The summed E-state index contributed by atoms with van der Waals surface area (Å²) in [5.74, 6) is 1.94. The molecule has 0 atom stereocenters. The summed E-state index contributed by atoms with van der Waals surface area (Å²) >= 11 is 0. The lowest BCUT2D eigenvalue weighted by atomic mass is 10.1. The molecule has 0 spiro atoms. The predicted molar refractivity (Wildman–Crippen MR) is 132 cm³/mol. The first-order chi connectivity index (χ1) is 15.7. The molecule has 0 bridgehead atoms. The maximum Gasteiger partial charge on any atom is 0.134 e. The van der Waals surface area contributed by atoms with Crippen molar-refractivity contribution in [3.05, 3.63) is 95.1 Å². The van der Waals surface area contributed by atoms with E-state index in [1.54, 1.807) is 18.2 Å². The Morgan fingerprint density at radius 1 is 0.576 bits per heavy atom. The van der Waals surface area contributed by atoms with Gasteiger partial charge in [-0.3, -0.25) is 0 Å². The first-order valence-corrected chi connectivity index (χ1v) is 10.7. The van der Waals surface area contributed by atoms with Crippen molar-refractivity contribution in [2.75, 3.05) is 4.90 Å². The van der Waals surface area contributed by atoms with Crippen molar-refractivity contribution in [1.29, 1.82) is 0 Å². The third-order valence-corrected chi connectivity index (χ3v) is 5.68. The average molecular weight is 442 g/mol. The van der Waals surface area contributed by atoms with E-state index < -0.39 is 0 Å². The van der Waals surface area contributed by atoms with Crippen molar-refractivity contribution in [3.63, 3.8) is 0 Å². The molecule has 0 heterocycles. The van der Waals surface area contributed by atoms with E-state index in [0.29, 0.717) is 17.1 Å². The van der Waals surface area contributed by atoms with Crippen molar-refractivity contribution in [2.24, 2.45) is 0 Å². The molecule has 4 aromatic carbocycles. The van der Waals surface area contributed by atoms with E-state index in [4.69, 9.17) is 4.74 Å². The molecule has 5 heteroatoms. The van der Waals surface area contributed by atoms with Gasteiger partial charge < -0.3 is 25.0 Å². The van der Waals surface area contributed by atoms with Crippen LogP contribution in [0.15, 0.2) is 72.8 Å². The number of aromatic hydroxyl groups is 3. The van der Waals surface area contributed by atoms with E-state index in [2.05, 4.69) is 0 Å². The Morgan fingerprint density at radius 2 is 1.09 bits per heavy atom. The highest BCUT2D eigenvalue weighted by Crippen LogP contribution is 2.39. The molecule has 0 fully saturated rings. The van der Waals surface area contributed by atoms with Gasteiger partial charge in [-0.25, -0.2) is 0 Å². The Kier molecular flexibility index (Phi) is 5.88. The fraction of sp³-hybridized carbons (Fsp3) is 0.143. The Bertz CT molecular complexity index is 1260. The number of rotatable bonds is 5. The Morgan fingerprint density at radius 3 is 1.61 bits per heavy atom. The molecule has 168 valence electrons. The van der Waals surface area contributed by atoms with Gasteiger partial charge in [-0.15, -0.1) is 0 Å². The van der Waals surface area contributed by atoms with Gasteiger partial charge in [0.1, 0.15) is 28.7 Å². The maximum absolute atomic E-state index is 10.1. The zero-order valence-corrected chi connectivity index (χ0v) is 19.1. The summed E-state index contributed by atoms with van der Waals surface area (Å²) < 4.78 is 6.04. The van der Waals surface area contributed by atoms with Gasteiger partial charge in [0.2, 0.25) is 0 Å². The van der Waals surface area contributed by atoms with Gasteiger partial charge in [-0.05, 0) is 117 Å². The first kappa shape index (κ1) is 22.1. The van der Waals surface area contributed by atoms with E-state index in [-0.39, 0.29) is 17.2 Å². The molecular formula is C28H27NO4. The molecule has 0 radical (unpaired) electrons. The van der Waals surface area contributed by atoms with E-state index in [1.807, 2.05) is 87.2 Å². The third kappa shape index (κ3) is 4.58. The van der Waals surface area contributed by atoms with Crippen LogP contribution >= 0.6 is 0 Å². The normalized spacial score (nSPS) is 10.8. The van der Waals surface area contributed by atoms with Gasteiger partial charge in [-0.2, -0.15) is 0 Å². The summed E-state index contributed by atoms with van der Waals surface area (Å²) in [6, 6.07) is 22.2. The molecule has 0 saturated heterocycles. The van der Waals surface area contributed by atoms with Gasteiger partial charge in [0, 0.05) is 22.6 Å². The second kappa shape index (κ2) is 8.79. The van der Waals surface area contributed by atoms with Crippen molar-refractivity contribution >= 4 is 17.1 Å². The minimum Gasteiger partial charge on any atom is -0.508 e. The second-order valence-corrected chi connectivity index (χ2v) is 8.28. The molecular weight excluding hydrogens is 414 g/mol. The SMILES string of the molecule is Cc1cc(O)c(C)c(Oc2ccc(N(c3ccc(O)c(C)c3)c3ccc(O)c(C)c3)cc2)c1. The van der Waals surface area contributed by atoms with Crippen molar-refractivity contribution in [1.82, 2.24) is 0 Å². The van der Waals surface area contributed by atoms with Crippen LogP contribution in [-0.4, -0.2) is 15.3 Å². The number of aryl methyl sites for hydroxylation is 3. The number of benzene rings is 4. The van der Waals surface area contributed by atoms with E-state index in [0.717, 1.165) is 33.8 Å². The Hall–Kier alpha value is -4.12. The van der Waals surface area contributed by atoms with Crippen molar-refractivity contribution in [2.45, 2.75) is 27.7 Å². The number of phenolic OH excluding ortho intramolecular Hbond substituents is 3. The quantitative estimate of drug-likeness (QED) is 0.303. The predicted octanol–water partition coefficient (Wildman–Crippen LogP) is 7.30. The lowest BCUT2D eigenvalue weighted by Gasteiger charge is -2.26. The third-order valence-electron chi connectivity index (χ3n) is 5.68. The maximum atomic E-state index is 10.1. The molecule has 0 aliphatic heterocycles. The number of ether oxygens (including phenoxy) is 1. The topological polar surface area (TPSA) is 73.2 Å². The fourth-order valence-electron chi connectivity index (χ4n) is 3.71. The van der Waals surface area contributed by atoms with Crippen LogP contribution in [0.1, 0.15) is 22.3 Å². The number of hydrogen-bond acceptors (Lipinski definition) is 5. The Balaban J connectivity index is 1.73. The first-order valence-electron chi connectivity index (χ1n) is 10.7. The molecule has 3 N–H and O–H groups in total. The highest BCUT2D eigenvalue weighted by molar-refractivity contribution is 5.78. The summed E-state index contributed by atoms with van der Waals surface area (Å²) in [6.45, 7) is 7.44. The average Bonchev–Trinajstić information content (AvgIpc) is 2.78. The van der Waals surface area contributed by atoms with E-state index in [1.165, 1.54) is 0 Å². The number of nitrogens with zero attached hydrogens (tertiary/aromatic N) is 1. The molecule has 0 unspecified atom stereocenters. The van der Waals surface area contributed by atoms with Gasteiger partial charge in [0.15, 0.2) is 0 Å². The van der Waals surface area contributed by atoms with Crippen LogP contribution in [0.2, 0.25) is 0 Å². The van der Waals surface area contributed by atoms with E-state index in [9.17, 15) is 15.3 Å². The van der Waals surface area contributed by atoms with Gasteiger partial charge in [0.25, 0.3) is 0 Å². The highest BCUT2D eigenvalue weighted by Gasteiger charge is 2.15. The Labute approximate surface area is 193 Å². The number of anilines is 3. The van der Waals surface area contributed by atoms with Crippen LogP contribution in [0.25, 0.3) is 0 Å². The van der Waals surface area contributed by atoms with Crippen LogP contribution in [-0.2, 0) is 0 Å². The van der Waals surface area contributed by atoms with Gasteiger partial charge in [0.05, 0.1) is 0 Å². The fourth-order valence-corrected chi connectivity index (χ4v) is 3.71. The number of hydrogen-bond donors (Lipinski definition) is 3. The highest BCUT2D eigenvalue weighted by atomic mass is 16.5. The molecule has 5 nitrogen and oxygen atoms in total. The molecule has 4 rings (SSSR count). The second-order valence-electron chi connectivity index (χ2n) is 8.28. The largest absolute Gasteiger partial charge is 0.508 e. The smallest absolute Gasteiger partial charge is 0.134 e. The van der Waals surface area contributed by atoms with Crippen molar-refractivity contribution in [3.8, 4) is 28.7 Å². The van der Waals surface area contributed by atoms with Crippen LogP contribution < -0.4 is 9.64 Å². The summed E-state index contributed by atoms with van der Waals surface area (Å²) in [7, 11) is 0. The number of phenols is 3. The monoisotopic (exact) mass is 441 g/mol. The molecule has 0 aliphatic rings. The minimum absolute atomic E-state index is 0.207. The lowest BCUT2D eigenvalue weighted by molar-refractivity contribution is 0.447. The van der Waals surface area contributed by atoms with Gasteiger partial charge >= 0.3 is 0 Å². The molecule has 0 aromatic heterocycles. The molecule has 4 aromatic rings. The minimum atomic E-state index is 0.207. The molecule has 0 aliphatic carbocycles. The van der Waals surface area contributed by atoms with Crippen LogP contribution in [0.3, 0.4) is 0 Å². The zero-order chi connectivity index (χ0) is 23.7. The lowest BCUT2D eigenvalue weighted by Crippen LogP contribution is -2.10. The summed E-state index contributed by atoms with van der Waals surface area (Å²) in [4.78, 5) is 2.05. The van der Waals surface area contributed by atoms with Crippen LogP contribution in [0.4, 0.5) is 17.1 Å². The molecule has 0 saturated carbocycles. The molecule has 0 amide bonds. The standard InChI is InChI=1S/C28H27NO4/c1-17-13-27(32)20(4)28(14-17)33-24-9-5-21(6-10-24)29(22-7-11-25(30)18(2)15-22)23-8-12-26(31)19(3)16-23/h5-16,30-32H,1-4H3.